The first kappa shape index (κ1) is 18.8. The molecule has 9 heteroatoms. The number of rotatable bonds is 7. The van der Waals surface area contributed by atoms with Crippen LogP contribution in [0.15, 0.2) is 0 Å². The van der Waals surface area contributed by atoms with E-state index in [-0.39, 0.29) is 6.42 Å². The molecule has 1 aliphatic rings. The summed E-state index contributed by atoms with van der Waals surface area (Å²) in [4.78, 5) is 0. The van der Waals surface area contributed by atoms with Crippen LogP contribution in [0.5, 0.6) is 0 Å². The van der Waals surface area contributed by atoms with Gasteiger partial charge < -0.3 is 4.52 Å². The van der Waals surface area contributed by atoms with E-state index in [1.165, 1.54) is 0 Å². The maximum Gasteiger partial charge on any atom is 0.483 e. The summed E-state index contributed by atoms with van der Waals surface area (Å²) in [5.41, 5.74) is 0. The average molecular weight is 338 g/mol. The Bertz CT molecular complexity index is 366. The second-order valence-electron chi connectivity index (χ2n) is 5.16. The molecule has 0 heterocycles. The number of alkyl halides is 5. The first-order valence-corrected chi connectivity index (χ1v) is 8.75. The zero-order chi connectivity index (χ0) is 16.1. The summed E-state index contributed by atoms with van der Waals surface area (Å²) in [5.74, 6) is 0. The lowest BCUT2D eigenvalue weighted by Gasteiger charge is -2.30. The quantitative estimate of drug-likeness (QED) is 0.454. The Balaban J connectivity index is 2.79. The van der Waals surface area contributed by atoms with Gasteiger partial charge in [0.2, 0.25) is 0 Å². The Kier molecular flexibility index (Phi) is 6.62. The van der Waals surface area contributed by atoms with Crippen molar-refractivity contribution in [3.05, 3.63) is 0 Å². The summed E-state index contributed by atoms with van der Waals surface area (Å²) in [6.07, 6.45) is -8.24. The standard InChI is InChI=1S/C12H20F5O3P/c1-2-3-9-21(18,19-10-7-5-4-6-8-10)20-12(16,17)11(13,14)15/h10H,2-9H2,1H3. The van der Waals surface area contributed by atoms with Crippen LogP contribution in [-0.2, 0) is 13.6 Å². The lowest BCUT2D eigenvalue weighted by atomic mass is 9.98. The van der Waals surface area contributed by atoms with Gasteiger partial charge in [-0.2, -0.15) is 22.0 Å². The van der Waals surface area contributed by atoms with Crippen molar-refractivity contribution >= 4 is 7.60 Å². The summed E-state index contributed by atoms with van der Waals surface area (Å²) in [6.45, 7) is 1.70. The van der Waals surface area contributed by atoms with Crippen molar-refractivity contribution in [3.8, 4) is 0 Å². The molecule has 1 saturated carbocycles. The fourth-order valence-corrected chi connectivity index (χ4v) is 4.16. The zero-order valence-electron chi connectivity index (χ0n) is 11.8. The van der Waals surface area contributed by atoms with Crippen LogP contribution in [0.2, 0.25) is 0 Å². The normalized spacial score (nSPS) is 21.2. The molecule has 0 spiro atoms. The molecule has 1 atom stereocenters. The van der Waals surface area contributed by atoms with Crippen molar-refractivity contribution in [1.29, 1.82) is 0 Å². The number of halogens is 5. The van der Waals surface area contributed by atoms with E-state index in [2.05, 4.69) is 4.52 Å². The predicted octanol–water partition coefficient (Wildman–Crippen LogP) is 5.50. The average Bonchev–Trinajstić information content (AvgIpc) is 2.35. The van der Waals surface area contributed by atoms with Crippen LogP contribution >= 0.6 is 7.60 Å². The third-order valence-electron chi connectivity index (χ3n) is 3.23. The van der Waals surface area contributed by atoms with Crippen LogP contribution in [-0.4, -0.2) is 24.6 Å². The van der Waals surface area contributed by atoms with Crippen LogP contribution in [0, 0.1) is 0 Å². The van der Waals surface area contributed by atoms with E-state index < -0.39 is 32.1 Å². The SMILES string of the molecule is CCCCP(=O)(OC1CCCCC1)OC(F)(F)C(F)(F)F. The molecule has 21 heavy (non-hydrogen) atoms. The van der Waals surface area contributed by atoms with Gasteiger partial charge in [0.25, 0.3) is 0 Å². The summed E-state index contributed by atoms with van der Waals surface area (Å²) >= 11 is 0. The molecular formula is C12H20F5O3P. The van der Waals surface area contributed by atoms with Gasteiger partial charge in [0, 0.05) is 0 Å². The Morgan fingerprint density at radius 3 is 2.14 bits per heavy atom. The topological polar surface area (TPSA) is 35.5 Å². The minimum absolute atomic E-state index is 0.192. The van der Waals surface area contributed by atoms with Gasteiger partial charge in [-0.1, -0.05) is 32.6 Å². The Morgan fingerprint density at radius 2 is 1.67 bits per heavy atom. The van der Waals surface area contributed by atoms with Crippen molar-refractivity contribution in [3.63, 3.8) is 0 Å². The van der Waals surface area contributed by atoms with E-state index in [0.717, 1.165) is 19.3 Å². The zero-order valence-corrected chi connectivity index (χ0v) is 12.7. The Labute approximate surface area is 120 Å². The third kappa shape index (κ3) is 5.83. The molecule has 0 radical (unpaired) electrons. The van der Waals surface area contributed by atoms with Crippen LogP contribution < -0.4 is 0 Å². The summed E-state index contributed by atoms with van der Waals surface area (Å²) in [6, 6.07) is 0. The largest absolute Gasteiger partial charge is 0.483 e. The Hall–Kier alpha value is -0.200. The van der Waals surface area contributed by atoms with Gasteiger partial charge in [-0.25, -0.2) is 4.52 Å². The van der Waals surface area contributed by atoms with E-state index in [1.54, 1.807) is 6.92 Å². The number of hydrogen-bond acceptors (Lipinski definition) is 3. The maximum atomic E-state index is 13.0. The smallest absolute Gasteiger partial charge is 0.305 e. The van der Waals surface area contributed by atoms with E-state index in [1.807, 2.05) is 0 Å². The highest BCUT2D eigenvalue weighted by Gasteiger charge is 2.63. The maximum absolute atomic E-state index is 13.0. The van der Waals surface area contributed by atoms with Crippen LogP contribution in [0.3, 0.4) is 0 Å². The second kappa shape index (κ2) is 7.38. The summed E-state index contributed by atoms with van der Waals surface area (Å²) in [7, 11) is -4.49. The van der Waals surface area contributed by atoms with Crippen molar-refractivity contribution in [2.75, 3.05) is 6.16 Å². The van der Waals surface area contributed by atoms with Crippen LogP contribution in [0.1, 0.15) is 51.9 Å². The van der Waals surface area contributed by atoms with Gasteiger partial charge in [-0.3, -0.25) is 4.57 Å². The molecule has 126 valence electrons. The molecule has 1 unspecified atom stereocenters. The van der Waals surface area contributed by atoms with Gasteiger partial charge in [0.1, 0.15) is 0 Å². The summed E-state index contributed by atoms with van der Waals surface area (Å²) < 4.78 is 83.7. The highest BCUT2D eigenvalue weighted by atomic mass is 31.2. The molecule has 0 bridgehead atoms. The molecule has 0 amide bonds. The minimum atomic E-state index is -5.91. The molecule has 1 rings (SSSR count). The Morgan fingerprint density at radius 1 is 1.10 bits per heavy atom. The minimum Gasteiger partial charge on any atom is -0.305 e. The van der Waals surface area contributed by atoms with E-state index >= 15 is 0 Å². The molecule has 0 aliphatic heterocycles. The monoisotopic (exact) mass is 338 g/mol. The third-order valence-corrected chi connectivity index (χ3v) is 5.22. The highest BCUT2D eigenvalue weighted by molar-refractivity contribution is 7.53. The van der Waals surface area contributed by atoms with Crippen molar-refractivity contribution in [1.82, 2.24) is 0 Å². The number of unbranched alkanes of at least 4 members (excludes halogenated alkanes) is 1. The van der Waals surface area contributed by atoms with Crippen LogP contribution in [0.25, 0.3) is 0 Å². The lowest BCUT2D eigenvalue weighted by Crippen LogP contribution is -2.39. The first-order chi connectivity index (χ1) is 9.60. The van der Waals surface area contributed by atoms with Crippen molar-refractivity contribution in [2.24, 2.45) is 0 Å². The molecule has 0 aromatic rings. The molecule has 3 nitrogen and oxygen atoms in total. The van der Waals surface area contributed by atoms with Gasteiger partial charge in [-0.05, 0) is 19.3 Å². The fourth-order valence-electron chi connectivity index (χ4n) is 2.10. The van der Waals surface area contributed by atoms with E-state index in [9.17, 15) is 26.5 Å². The van der Waals surface area contributed by atoms with E-state index in [0.29, 0.717) is 19.3 Å². The van der Waals surface area contributed by atoms with Crippen LogP contribution in [0.4, 0.5) is 22.0 Å². The first-order valence-electron chi connectivity index (χ1n) is 7.02. The highest BCUT2D eigenvalue weighted by Crippen LogP contribution is 2.57. The molecule has 1 fully saturated rings. The molecule has 0 N–H and O–H groups in total. The molecular weight excluding hydrogens is 318 g/mol. The lowest BCUT2D eigenvalue weighted by molar-refractivity contribution is -0.363. The van der Waals surface area contributed by atoms with Gasteiger partial charge in [-0.15, -0.1) is 0 Å². The molecule has 0 aromatic carbocycles. The van der Waals surface area contributed by atoms with Crippen molar-refractivity contribution in [2.45, 2.75) is 70.3 Å². The van der Waals surface area contributed by atoms with Gasteiger partial charge in [0.15, 0.2) is 0 Å². The second-order valence-corrected chi connectivity index (χ2v) is 7.22. The fraction of sp³-hybridized carbons (Fsp3) is 1.00. The molecule has 0 saturated heterocycles. The predicted molar refractivity (Wildman–Crippen MR) is 67.4 cm³/mol. The molecule has 0 aromatic heterocycles. The number of hydrogen-bond donors (Lipinski definition) is 0. The van der Waals surface area contributed by atoms with E-state index in [4.69, 9.17) is 4.52 Å². The van der Waals surface area contributed by atoms with Crippen molar-refractivity contribution < 1.29 is 35.6 Å². The van der Waals surface area contributed by atoms with Gasteiger partial charge in [0.05, 0.1) is 12.3 Å². The van der Waals surface area contributed by atoms with Gasteiger partial charge >= 0.3 is 19.9 Å². The summed E-state index contributed by atoms with van der Waals surface area (Å²) in [5, 5.41) is 0. The molecule has 1 aliphatic carbocycles.